The van der Waals surface area contributed by atoms with Gasteiger partial charge in [-0.1, -0.05) is 6.92 Å². The molecule has 0 aliphatic carbocycles. The van der Waals surface area contributed by atoms with Crippen LogP contribution in [0.5, 0.6) is 0 Å². The molecule has 20 heavy (non-hydrogen) atoms. The normalized spacial score (nSPS) is 11.9. The first-order chi connectivity index (χ1) is 9.40. The first kappa shape index (κ1) is 16.0. The number of oxazole rings is 1. The van der Waals surface area contributed by atoms with Gasteiger partial charge < -0.3 is 20.2 Å². The lowest BCUT2D eigenvalue weighted by Crippen LogP contribution is -2.35. The summed E-state index contributed by atoms with van der Waals surface area (Å²) in [4.78, 5) is 26.2. The molecule has 112 valence electrons. The molecule has 0 aliphatic heterocycles. The highest BCUT2D eigenvalue weighted by molar-refractivity contribution is 5.73. The molecule has 1 rings (SSSR count). The molecule has 1 aromatic heterocycles. The number of amides is 2. The van der Waals surface area contributed by atoms with Gasteiger partial charge >= 0.3 is 12.0 Å². The van der Waals surface area contributed by atoms with Crippen LogP contribution in [0.2, 0.25) is 0 Å². The van der Waals surface area contributed by atoms with Crippen molar-refractivity contribution in [3.8, 4) is 0 Å². The van der Waals surface area contributed by atoms with E-state index in [2.05, 4.69) is 15.6 Å². The maximum absolute atomic E-state index is 11.5. The second-order valence-electron chi connectivity index (χ2n) is 4.74. The lowest BCUT2D eigenvalue weighted by Gasteiger charge is -2.07. The van der Waals surface area contributed by atoms with Crippen molar-refractivity contribution in [1.82, 2.24) is 15.6 Å². The molecule has 2 amide bonds. The lowest BCUT2D eigenvalue weighted by molar-refractivity contribution is -0.141. The van der Waals surface area contributed by atoms with Crippen LogP contribution in [0.25, 0.3) is 0 Å². The molecular formula is C13H21N3O4. The minimum absolute atomic E-state index is 0.228. The molecular weight excluding hydrogens is 262 g/mol. The lowest BCUT2D eigenvalue weighted by atomic mass is 10.1. The molecule has 0 aliphatic rings. The van der Waals surface area contributed by atoms with E-state index in [1.54, 1.807) is 6.92 Å². The molecule has 0 saturated carbocycles. The van der Waals surface area contributed by atoms with E-state index in [0.29, 0.717) is 25.3 Å². The van der Waals surface area contributed by atoms with Gasteiger partial charge in [-0.15, -0.1) is 0 Å². The summed E-state index contributed by atoms with van der Waals surface area (Å²) in [6.07, 6.45) is 1.16. The second kappa shape index (κ2) is 7.52. The van der Waals surface area contributed by atoms with Gasteiger partial charge in [0, 0.05) is 6.54 Å². The molecule has 1 unspecified atom stereocenters. The van der Waals surface area contributed by atoms with E-state index in [9.17, 15) is 9.59 Å². The van der Waals surface area contributed by atoms with E-state index < -0.39 is 11.9 Å². The van der Waals surface area contributed by atoms with Crippen LogP contribution in [0, 0.1) is 19.8 Å². The standard InChI is InChI=1S/C13H21N3O4/c1-8(12(17)18)5-4-6-14-13(19)15-7-11-16-9(2)10(3)20-11/h8H,4-7H2,1-3H3,(H,17,18)(H2,14,15,19). The van der Waals surface area contributed by atoms with E-state index in [1.807, 2.05) is 13.8 Å². The van der Waals surface area contributed by atoms with Crippen LogP contribution in [-0.4, -0.2) is 28.6 Å². The number of carboxylic acid groups (broad SMARTS) is 1. The molecule has 3 N–H and O–H groups in total. The highest BCUT2D eigenvalue weighted by atomic mass is 16.4. The number of hydrogen-bond donors (Lipinski definition) is 3. The fourth-order valence-corrected chi connectivity index (χ4v) is 1.57. The fraction of sp³-hybridized carbons (Fsp3) is 0.615. The Hall–Kier alpha value is -2.05. The number of aryl methyl sites for hydroxylation is 2. The summed E-state index contributed by atoms with van der Waals surface area (Å²) < 4.78 is 5.33. The molecule has 7 nitrogen and oxygen atoms in total. The number of nitrogens with one attached hydrogen (secondary N) is 2. The van der Waals surface area contributed by atoms with Crippen molar-refractivity contribution in [2.45, 2.75) is 40.2 Å². The minimum atomic E-state index is -0.816. The Labute approximate surface area is 117 Å². The van der Waals surface area contributed by atoms with Crippen molar-refractivity contribution < 1.29 is 19.1 Å². The molecule has 7 heteroatoms. The van der Waals surface area contributed by atoms with Crippen LogP contribution in [-0.2, 0) is 11.3 Å². The summed E-state index contributed by atoms with van der Waals surface area (Å²) in [5, 5.41) is 14.0. The van der Waals surface area contributed by atoms with Crippen LogP contribution in [0.4, 0.5) is 4.79 Å². The van der Waals surface area contributed by atoms with E-state index in [-0.39, 0.29) is 12.6 Å². The fourth-order valence-electron chi connectivity index (χ4n) is 1.57. The number of aliphatic carboxylic acids is 1. The summed E-state index contributed by atoms with van der Waals surface area (Å²) in [6.45, 7) is 5.97. The third-order valence-electron chi connectivity index (χ3n) is 2.99. The van der Waals surface area contributed by atoms with Crippen LogP contribution < -0.4 is 10.6 Å². The monoisotopic (exact) mass is 283 g/mol. The summed E-state index contributed by atoms with van der Waals surface area (Å²) in [6, 6.07) is -0.318. The van der Waals surface area contributed by atoms with Gasteiger partial charge in [-0.3, -0.25) is 4.79 Å². The molecule has 1 heterocycles. The Morgan fingerprint density at radius 1 is 1.35 bits per heavy atom. The van der Waals surface area contributed by atoms with Crippen LogP contribution in [0.1, 0.15) is 37.1 Å². The van der Waals surface area contributed by atoms with Gasteiger partial charge in [-0.05, 0) is 26.7 Å². The van der Waals surface area contributed by atoms with Crippen LogP contribution in [0.3, 0.4) is 0 Å². The number of aromatic nitrogens is 1. The van der Waals surface area contributed by atoms with Gasteiger partial charge in [-0.2, -0.15) is 0 Å². The predicted molar refractivity (Wildman–Crippen MR) is 72.2 cm³/mol. The zero-order chi connectivity index (χ0) is 15.1. The number of urea groups is 1. The zero-order valence-corrected chi connectivity index (χ0v) is 12.0. The molecule has 0 aromatic carbocycles. The highest BCUT2D eigenvalue weighted by Crippen LogP contribution is 2.07. The number of carboxylic acids is 1. The second-order valence-corrected chi connectivity index (χ2v) is 4.74. The smallest absolute Gasteiger partial charge is 0.315 e. The Morgan fingerprint density at radius 3 is 2.60 bits per heavy atom. The van der Waals surface area contributed by atoms with Crippen LogP contribution in [0.15, 0.2) is 4.42 Å². The average molecular weight is 283 g/mol. The minimum Gasteiger partial charge on any atom is -0.481 e. The molecule has 1 aromatic rings. The van der Waals surface area contributed by atoms with Crippen molar-refractivity contribution in [3.05, 3.63) is 17.3 Å². The third kappa shape index (κ3) is 5.29. The van der Waals surface area contributed by atoms with Crippen LogP contribution >= 0.6 is 0 Å². The van der Waals surface area contributed by atoms with Gasteiger partial charge in [-0.25, -0.2) is 9.78 Å². The molecule has 0 radical (unpaired) electrons. The Kier molecular flexibility index (Phi) is 6.02. The van der Waals surface area contributed by atoms with Crippen molar-refractivity contribution in [3.63, 3.8) is 0 Å². The SMILES string of the molecule is Cc1nc(CNC(=O)NCCCC(C)C(=O)O)oc1C. The Bertz CT molecular complexity index is 451. The van der Waals surface area contributed by atoms with Gasteiger partial charge in [0.2, 0.25) is 5.89 Å². The first-order valence-electron chi connectivity index (χ1n) is 6.57. The average Bonchev–Trinajstić information content (AvgIpc) is 2.71. The van der Waals surface area contributed by atoms with Gasteiger partial charge in [0.1, 0.15) is 5.76 Å². The Balaban J connectivity index is 2.16. The number of nitrogens with zero attached hydrogens (tertiary/aromatic N) is 1. The Morgan fingerprint density at radius 2 is 2.05 bits per heavy atom. The van der Waals surface area contributed by atoms with Crippen molar-refractivity contribution in [1.29, 1.82) is 0 Å². The predicted octanol–water partition coefficient (Wildman–Crippen LogP) is 1.59. The van der Waals surface area contributed by atoms with E-state index in [1.165, 1.54) is 0 Å². The summed E-state index contributed by atoms with van der Waals surface area (Å²) >= 11 is 0. The van der Waals surface area contributed by atoms with Gasteiger partial charge in [0.05, 0.1) is 18.2 Å². The third-order valence-corrected chi connectivity index (χ3v) is 2.99. The van der Waals surface area contributed by atoms with E-state index in [4.69, 9.17) is 9.52 Å². The number of carbonyl (C=O) groups excluding carboxylic acids is 1. The first-order valence-corrected chi connectivity index (χ1v) is 6.57. The molecule has 0 bridgehead atoms. The summed E-state index contributed by atoms with van der Waals surface area (Å²) in [5.41, 5.74) is 0.810. The topological polar surface area (TPSA) is 104 Å². The quantitative estimate of drug-likeness (QED) is 0.659. The summed E-state index contributed by atoms with van der Waals surface area (Å²) in [7, 11) is 0. The molecule has 0 spiro atoms. The van der Waals surface area contributed by atoms with Crippen molar-refractivity contribution in [2.75, 3.05) is 6.54 Å². The number of rotatable bonds is 7. The number of carbonyl (C=O) groups is 2. The van der Waals surface area contributed by atoms with E-state index >= 15 is 0 Å². The van der Waals surface area contributed by atoms with E-state index in [0.717, 1.165) is 11.5 Å². The molecule has 0 saturated heterocycles. The highest BCUT2D eigenvalue weighted by Gasteiger charge is 2.10. The number of hydrogen-bond acceptors (Lipinski definition) is 4. The summed E-state index contributed by atoms with van der Waals surface area (Å²) in [5.74, 6) is 0.00160. The molecule has 0 fully saturated rings. The largest absolute Gasteiger partial charge is 0.481 e. The van der Waals surface area contributed by atoms with Crippen molar-refractivity contribution in [2.24, 2.45) is 5.92 Å². The van der Waals surface area contributed by atoms with Gasteiger partial charge in [0.15, 0.2) is 0 Å². The maximum atomic E-state index is 11.5. The maximum Gasteiger partial charge on any atom is 0.315 e. The molecule has 1 atom stereocenters. The van der Waals surface area contributed by atoms with Crippen molar-refractivity contribution >= 4 is 12.0 Å². The zero-order valence-electron chi connectivity index (χ0n) is 12.0. The van der Waals surface area contributed by atoms with Gasteiger partial charge in [0.25, 0.3) is 0 Å².